The SMILES string of the molecule is CCOc1ccccc1C(=O)N[C@H](C(=O)NNC(=O)c1cc2c(s1)CCCC2)C(C)C. The van der Waals surface area contributed by atoms with Gasteiger partial charge in [-0.25, -0.2) is 0 Å². The van der Waals surface area contributed by atoms with E-state index in [0.717, 1.165) is 25.7 Å². The molecule has 2 aromatic rings. The van der Waals surface area contributed by atoms with Gasteiger partial charge in [0.1, 0.15) is 11.8 Å². The third-order valence-corrected chi connectivity index (χ3v) is 6.42. The van der Waals surface area contributed by atoms with Gasteiger partial charge in [0.2, 0.25) is 0 Å². The number of benzene rings is 1. The van der Waals surface area contributed by atoms with Gasteiger partial charge in [0, 0.05) is 4.88 Å². The molecule has 1 aromatic heterocycles. The highest BCUT2D eigenvalue weighted by atomic mass is 32.1. The van der Waals surface area contributed by atoms with Crippen LogP contribution < -0.4 is 20.9 Å². The second-order valence-corrected chi connectivity index (χ2v) is 8.97. The minimum absolute atomic E-state index is 0.186. The summed E-state index contributed by atoms with van der Waals surface area (Å²) in [6.07, 6.45) is 4.29. The molecule has 3 amide bonds. The molecule has 3 N–H and O–H groups in total. The molecule has 3 rings (SSSR count). The van der Waals surface area contributed by atoms with Gasteiger partial charge in [-0.05, 0) is 62.3 Å². The average molecular weight is 444 g/mol. The first-order valence-corrected chi connectivity index (χ1v) is 11.5. The molecule has 0 radical (unpaired) electrons. The number of thiophene rings is 1. The van der Waals surface area contributed by atoms with Crippen LogP contribution in [0.3, 0.4) is 0 Å². The van der Waals surface area contributed by atoms with E-state index in [-0.39, 0.29) is 11.8 Å². The van der Waals surface area contributed by atoms with Gasteiger partial charge in [-0.15, -0.1) is 11.3 Å². The van der Waals surface area contributed by atoms with Crippen molar-refractivity contribution in [3.05, 3.63) is 51.2 Å². The first kappa shape index (κ1) is 22.8. The third kappa shape index (κ3) is 5.64. The highest BCUT2D eigenvalue weighted by molar-refractivity contribution is 7.14. The number of aryl methyl sites for hydroxylation is 2. The van der Waals surface area contributed by atoms with Crippen LogP contribution in [0.1, 0.15) is 64.1 Å². The van der Waals surface area contributed by atoms with E-state index < -0.39 is 17.9 Å². The lowest BCUT2D eigenvalue weighted by atomic mass is 9.99. The summed E-state index contributed by atoms with van der Waals surface area (Å²) >= 11 is 1.48. The Kier molecular flexibility index (Phi) is 7.68. The van der Waals surface area contributed by atoms with Crippen molar-refractivity contribution in [2.45, 2.75) is 52.5 Å². The van der Waals surface area contributed by atoms with E-state index in [1.807, 2.05) is 26.8 Å². The molecule has 8 heteroatoms. The van der Waals surface area contributed by atoms with Crippen molar-refractivity contribution < 1.29 is 19.1 Å². The molecule has 0 unspecified atom stereocenters. The molecule has 166 valence electrons. The number of carbonyl (C=O) groups is 3. The lowest BCUT2D eigenvalue weighted by molar-refractivity contribution is -0.124. The molecule has 0 spiro atoms. The number of hydrazine groups is 1. The minimum Gasteiger partial charge on any atom is -0.493 e. The fourth-order valence-electron chi connectivity index (χ4n) is 3.55. The van der Waals surface area contributed by atoms with Crippen molar-refractivity contribution in [1.82, 2.24) is 16.2 Å². The Balaban J connectivity index is 1.62. The normalized spacial score (nSPS) is 13.8. The summed E-state index contributed by atoms with van der Waals surface area (Å²) in [5, 5.41) is 2.75. The molecular formula is C23H29N3O4S. The van der Waals surface area contributed by atoms with Gasteiger partial charge in [0.05, 0.1) is 17.0 Å². The molecular weight excluding hydrogens is 414 g/mol. The Hall–Kier alpha value is -2.87. The zero-order chi connectivity index (χ0) is 22.4. The van der Waals surface area contributed by atoms with Crippen LogP contribution in [0.2, 0.25) is 0 Å². The molecule has 0 bridgehead atoms. The molecule has 0 saturated carbocycles. The summed E-state index contributed by atoms with van der Waals surface area (Å²) in [5.41, 5.74) is 6.53. The summed E-state index contributed by atoms with van der Waals surface area (Å²) < 4.78 is 5.51. The van der Waals surface area contributed by atoms with Gasteiger partial charge in [0.25, 0.3) is 17.7 Å². The maximum atomic E-state index is 12.8. The topological polar surface area (TPSA) is 96.5 Å². The number of fused-ring (bicyclic) bond motifs is 1. The van der Waals surface area contributed by atoms with E-state index in [0.29, 0.717) is 22.8 Å². The largest absolute Gasteiger partial charge is 0.493 e. The predicted molar refractivity (Wildman–Crippen MR) is 120 cm³/mol. The molecule has 0 fully saturated rings. The zero-order valence-corrected chi connectivity index (χ0v) is 18.9. The number of hydrogen-bond donors (Lipinski definition) is 3. The number of rotatable bonds is 7. The van der Waals surface area contributed by atoms with E-state index in [4.69, 9.17) is 4.74 Å². The molecule has 0 saturated heterocycles. The Bertz CT molecular complexity index is 931. The molecule has 1 aromatic carbocycles. The monoisotopic (exact) mass is 443 g/mol. The summed E-state index contributed by atoms with van der Waals surface area (Å²) in [6, 6.07) is 7.97. The number of amides is 3. The number of ether oxygens (including phenoxy) is 1. The maximum absolute atomic E-state index is 12.8. The summed E-state index contributed by atoms with van der Waals surface area (Å²) in [6.45, 7) is 5.92. The van der Waals surface area contributed by atoms with E-state index >= 15 is 0 Å². The van der Waals surface area contributed by atoms with Crippen LogP contribution in [-0.2, 0) is 17.6 Å². The standard InChI is InChI=1S/C23H29N3O4S/c1-4-30-17-11-7-6-10-16(17)21(27)24-20(14(2)3)23(29)26-25-22(28)19-13-15-9-5-8-12-18(15)31-19/h6-7,10-11,13-14,20H,4-5,8-9,12H2,1-3H3,(H,24,27)(H,25,28)(H,26,29)/t20-/m0/s1. The summed E-state index contributed by atoms with van der Waals surface area (Å²) in [5.74, 6) is -0.958. The Morgan fingerprint density at radius 1 is 1.06 bits per heavy atom. The summed E-state index contributed by atoms with van der Waals surface area (Å²) in [4.78, 5) is 39.8. The van der Waals surface area contributed by atoms with E-state index in [1.165, 1.54) is 21.8 Å². The Labute approximate surface area is 186 Å². The fourth-order valence-corrected chi connectivity index (χ4v) is 4.70. The lowest BCUT2D eigenvalue weighted by Crippen LogP contribution is -2.54. The molecule has 31 heavy (non-hydrogen) atoms. The zero-order valence-electron chi connectivity index (χ0n) is 18.1. The van der Waals surface area contributed by atoms with Crippen molar-refractivity contribution in [3.63, 3.8) is 0 Å². The molecule has 1 heterocycles. The van der Waals surface area contributed by atoms with Crippen LogP contribution in [0.25, 0.3) is 0 Å². The van der Waals surface area contributed by atoms with E-state index in [1.54, 1.807) is 24.3 Å². The van der Waals surface area contributed by atoms with Crippen LogP contribution >= 0.6 is 11.3 Å². The van der Waals surface area contributed by atoms with Crippen LogP contribution in [0.4, 0.5) is 0 Å². The maximum Gasteiger partial charge on any atom is 0.279 e. The number of nitrogens with one attached hydrogen (secondary N) is 3. The molecule has 1 aliphatic rings. The first-order valence-electron chi connectivity index (χ1n) is 10.6. The summed E-state index contributed by atoms with van der Waals surface area (Å²) in [7, 11) is 0. The molecule has 7 nitrogen and oxygen atoms in total. The van der Waals surface area contributed by atoms with Crippen LogP contribution in [-0.4, -0.2) is 30.4 Å². The number of carbonyl (C=O) groups excluding carboxylic acids is 3. The van der Waals surface area contributed by atoms with Crippen molar-refractivity contribution in [3.8, 4) is 5.75 Å². The van der Waals surface area contributed by atoms with Crippen molar-refractivity contribution in [1.29, 1.82) is 0 Å². The van der Waals surface area contributed by atoms with Crippen LogP contribution in [0.15, 0.2) is 30.3 Å². The smallest absolute Gasteiger partial charge is 0.279 e. The highest BCUT2D eigenvalue weighted by Gasteiger charge is 2.26. The van der Waals surface area contributed by atoms with E-state index in [9.17, 15) is 14.4 Å². The van der Waals surface area contributed by atoms with Gasteiger partial charge in [-0.1, -0.05) is 26.0 Å². The van der Waals surface area contributed by atoms with Crippen LogP contribution in [0, 0.1) is 5.92 Å². The van der Waals surface area contributed by atoms with Gasteiger partial charge >= 0.3 is 0 Å². The quantitative estimate of drug-likeness (QED) is 0.573. The lowest BCUT2D eigenvalue weighted by Gasteiger charge is -2.22. The van der Waals surface area contributed by atoms with Crippen molar-refractivity contribution >= 4 is 29.1 Å². The Morgan fingerprint density at radius 2 is 1.81 bits per heavy atom. The van der Waals surface area contributed by atoms with E-state index in [2.05, 4.69) is 16.2 Å². The number of hydrogen-bond acceptors (Lipinski definition) is 5. The average Bonchev–Trinajstić information content (AvgIpc) is 3.20. The van der Waals surface area contributed by atoms with Crippen molar-refractivity contribution in [2.24, 2.45) is 5.92 Å². The van der Waals surface area contributed by atoms with Gasteiger partial charge in [0.15, 0.2) is 0 Å². The van der Waals surface area contributed by atoms with Gasteiger partial charge in [-0.2, -0.15) is 0 Å². The predicted octanol–water partition coefficient (Wildman–Crippen LogP) is 3.24. The fraction of sp³-hybridized carbons (Fsp3) is 0.435. The van der Waals surface area contributed by atoms with Gasteiger partial charge < -0.3 is 10.1 Å². The van der Waals surface area contributed by atoms with Crippen molar-refractivity contribution in [2.75, 3.05) is 6.61 Å². The Morgan fingerprint density at radius 3 is 2.52 bits per heavy atom. The van der Waals surface area contributed by atoms with Gasteiger partial charge in [-0.3, -0.25) is 25.2 Å². The number of para-hydroxylation sites is 1. The molecule has 0 aliphatic heterocycles. The highest BCUT2D eigenvalue weighted by Crippen LogP contribution is 2.29. The second-order valence-electron chi connectivity index (χ2n) is 7.83. The first-order chi connectivity index (χ1) is 14.9. The van der Waals surface area contributed by atoms with Crippen LogP contribution in [0.5, 0.6) is 5.75 Å². The molecule has 1 aliphatic carbocycles. The minimum atomic E-state index is -0.820. The molecule has 1 atom stereocenters. The second kappa shape index (κ2) is 10.4. The third-order valence-electron chi connectivity index (χ3n) is 5.19.